The second-order valence-electron chi connectivity index (χ2n) is 8.30. The lowest BCUT2D eigenvalue weighted by Crippen LogP contribution is -2.49. The van der Waals surface area contributed by atoms with E-state index < -0.39 is 10.0 Å². The van der Waals surface area contributed by atoms with Gasteiger partial charge in [0.2, 0.25) is 10.0 Å². The zero-order valence-corrected chi connectivity index (χ0v) is 18.2. The van der Waals surface area contributed by atoms with Crippen LogP contribution in [0.25, 0.3) is 0 Å². The minimum absolute atomic E-state index is 0.125. The van der Waals surface area contributed by atoms with Crippen LogP contribution in [-0.4, -0.2) is 60.7 Å². The fourth-order valence-corrected chi connectivity index (χ4v) is 5.65. The highest BCUT2D eigenvalue weighted by molar-refractivity contribution is 7.89. The number of ketones is 1. The van der Waals surface area contributed by atoms with Gasteiger partial charge in [-0.1, -0.05) is 17.7 Å². The predicted molar refractivity (Wildman–Crippen MR) is 113 cm³/mol. The summed E-state index contributed by atoms with van der Waals surface area (Å²) in [6, 6.07) is 9.53. The van der Waals surface area contributed by atoms with E-state index in [1.807, 2.05) is 32.0 Å². The lowest BCUT2D eigenvalue weighted by atomic mass is 10.1. The molecule has 0 atom stereocenters. The fourth-order valence-electron chi connectivity index (χ4n) is 4.23. The summed E-state index contributed by atoms with van der Waals surface area (Å²) in [7, 11) is -3.48. The van der Waals surface area contributed by atoms with Gasteiger partial charge < -0.3 is 4.57 Å². The van der Waals surface area contributed by atoms with Crippen molar-refractivity contribution in [3.8, 4) is 0 Å². The number of aryl methyl sites for hydroxylation is 2. The monoisotopic (exact) mass is 415 g/mol. The Bertz CT molecular complexity index is 1010. The first kappa shape index (κ1) is 20.3. The Morgan fingerprint density at radius 2 is 1.62 bits per heavy atom. The first-order chi connectivity index (χ1) is 13.8. The molecule has 2 aromatic rings. The largest absolute Gasteiger partial charge is 0.345 e. The van der Waals surface area contributed by atoms with Gasteiger partial charge in [-0.05, 0) is 51.8 Å². The van der Waals surface area contributed by atoms with E-state index in [0.29, 0.717) is 43.7 Å². The van der Waals surface area contributed by atoms with E-state index in [0.717, 1.165) is 22.5 Å². The van der Waals surface area contributed by atoms with Crippen LogP contribution >= 0.6 is 0 Å². The number of piperazine rings is 1. The normalized spacial score (nSPS) is 18.9. The third-order valence-corrected chi connectivity index (χ3v) is 7.97. The SMILES string of the molecule is Cc1ccc(S(=O)(=O)N2CCN(CC(=O)c3cc(C)n(C4CC4)c3C)CC2)cc1. The number of benzene rings is 1. The molecule has 0 N–H and O–H groups in total. The molecule has 7 heteroatoms. The number of hydrogen-bond acceptors (Lipinski definition) is 4. The van der Waals surface area contributed by atoms with Crippen LogP contribution in [0.1, 0.15) is 46.2 Å². The van der Waals surface area contributed by atoms with Gasteiger partial charge in [-0.25, -0.2) is 8.42 Å². The Morgan fingerprint density at radius 3 is 2.21 bits per heavy atom. The number of carbonyl (C=O) groups is 1. The Balaban J connectivity index is 1.38. The average molecular weight is 416 g/mol. The smallest absolute Gasteiger partial charge is 0.243 e. The van der Waals surface area contributed by atoms with Gasteiger partial charge >= 0.3 is 0 Å². The highest BCUT2D eigenvalue weighted by atomic mass is 32.2. The third-order valence-electron chi connectivity index (χ3n) is 6.05. The molecule has 1 aromatic carbocycles. The summed E-state index contributed by atoms with van der Waals surface area (Å²) >= 11 is 0. The summed E-state index contributed by atoms with van der Waals surface area (Å²) < 4.78 is 29.5. The van der Waals surface area contributed by atoms with Gasteiger partial charge in [0, 0.05) is 49.2 Å². The highest BCUT2D eigenvalue weighted by Crippen LogP contribution is 2.38. The second kappa shape index (κ2) is 7.70. The number of carbonyl (C=O) groups excluding carboxylic acids is 1. The van der Waals surface area contributed by atoms with Gasteiger partial charge in [0.1, 0.15) is 0 Å². The molecule has 0 amide bonds. The molecule has 0 unspecified atom stereocenters. The van der Waals surface area contributed by atoms with Crippen LogP contribution in [0.2, 0.25) is 0 Å². The van der Waals surface area contributed by atoms with Crippen LogP contribution in [-0.2, 0) is 10.0 Å². The molecule has 0 spiro atoms. The zero-order chi connectivity index (χ0) is 20.8. The van der Waals surface area contributed by atoms with Gasteiger partial charge in [-0.3, -0.25) is 9.69 Å². The first-order valence-corrected chi connectivity index (χ1v) is 11.7. The van der Waals surface area contributed by atoms with Crippen molar-refractivity contribution in [2.75, 3.05) is 32.7 Å². The molecule has 2 fully saturated rings. The van der Waals surface area contributed by atoms with Crippen molar-refractivity contribution < 1.29 is 13.2 Å². The van der Waals surface area contributed by atoms with Gasteiger partial charge in [-0.2, -0.15) is 4.31 Å². The molecular weight excluding hydrogens is 386 g/mol. The molecule has 1 saturated carbocycles. The molecule has 0 radical (unpaired) electrons. The van der Waals surface area contributed by atoms with Gasteiger partial charge in [-0.15, -0.1) is 0 Å². The standard InChI is InChI=1S/C22H29N3O3S/c1-16-4-8-20(9-5-16)29(27,28)24-12-10-23(11-13-24)15-22(26)21-14-17(2)25(18(21)3)19-6-7-19/h4-5,8-9,14,19H,6-7,10-13,15H2,1-3H3. The van der Waals surface area contributed by atoms with Gasteiger partial charge in [0.05, 0.1) is 11.4 Å². The van der Waals surface area contributed by atoms with Crippen LogP contribution in [0.15, 0.2) is 35.2 Å². The highest BCUT2D eigenvalue weighted by Gasteiger charge is 2.31. The van der Waals surface area contributed by atoms with E-state index in [4.69, 9.17) is 0 Å². The van der Waals surface area contributed by atoms with Crippen molar-refractivity contribution >= 4 is 15.8 Å². The number of sulfonamides is 1. The van der Waals surface area contributed by atoms with Crippen molar-refractivity contribution in [2.45, 2.75) is 44.6 Å². The molecule has 4 rings (SSSR count). The summed E-state index contributed by atoms with van der Waals surface area (Å²) in [5.41, 5.74) is 4.07. The Morgan fingerprint density at radius 1 is 1.00 bits per heavy atom. The lowest BCUT2D eigenvalue weighted by Gasteiger charge is -2.33. The topological polar surface area (TPSA) is 62.6 Å². The summed E-state index contributed by atoms with van der Waals surface area (Å²) in [6.07, 6.45) is 2.39. The van der Waals surface area contributed by atoms with Crippen LogP contribution in [0.3, 0.4) is 0 Å². The van der Waals surface area contributed by atoms with E-state index in [9.17, 15) is 13.2 Å². The number of hydrogen-bond donors (Lipinski definition) is 0. The number of Topliss-reactive ketones (excluding diaryl/α,β-unsaturated/α-hetero) is 1. The predicted octanol–water partition coefficient (Wildman–Crippen LogP) is 2.94. The van der Waals surface area contributed by atoms with Crippen molar-refractivity contribution in [3.05, 3.63) is 52.8 Å². The quantitative estimate of drug-likeness (QED) is 0.681. The molecule has 1 aliphatic heterocycles. The maximum atomic E-state index is 12.9. The fraction of sp³-hybridized carbons (Fsp3) is 0.500. The maximum Gasteiger partial charge on any atom is 0.243 e. The summed E-state index contributed by atoms with van der Waals surface area (Å²) in [5.74, 6) is 0.125. The van der Waals surface area contributed by atoms with Crippen LogP contribution < -0.4 is 0 Å². The minimum Gasteiger partial charge on any atom is -0.345 e. The van der Waals surface area contributed by atoms with Crippen molar-refractivity contribution in [1.29, 1.82) is 0 Å². The molecule has 2 aliphatic rings. The lowest BCUT2D eigenvalue weighted by molar-refractivity contribution is 0.0901. The molecule has 2 heterocycles. The van der Waals surface area contributed by atoms with Crippen LogP contribution in [0.4, 0.5) is 0 Å². The molecular formula is C22H29N3O3S. The van der Waals surface area contributed by atoms with E-state index in [-0.39, 0.29) is 5.78 Å². The third kappa shape index (κ3) is 4.04. The van der Waals surface area contributed by atoms with E-state index in [1.165, 1.54) is 17.1 Å². The number of nitrogens with zero attached hydrogens (tertiary/aromatic N) is 3. The number of aromatic nitrogens is 1. The summed E-state index contributed by atoms with van der Waals surface area (Å²) in [4.78, 5) is 15.3. The Labute approximate surface area is 173 Å². The van der Waals surface area contributed by atoms with E-state index >= 15 is 0 Å². The van der Waals surface area contributed by atoms with Crippen molar-refractivity contribution in [1.82, 2.24) is 13.8 Å². The second-order valence-corrected chi connectivity index (χ2v) is 10.2. The minimum atomic E-state index is -3.48. The maximum absolute atomic E-state index is 12.9. The molecule has 0 bridgehead atoms. The van der Waals surface area contributed by atoms with Crippen molar-refractivity contribution in [3.63, 3.8) is 0 Å². The Kier molecular flexibility index (Phi) is 5.40. The van der Waals surface area contributed by atoms with Gasteiger partial charge in [0.25, 0.3) is 0 Å². The van der Waals surface area contributed by atoms with Crippen LogP contribution in [0.5, 0.6) is 0 Å². The zero-order valence-electron chi connectivity index (χ0n) is 17.4. The molecule has 1 saturated heterocycles. The van der Waals surface area contributed by atoms with Crippen LogP contribution in [0, 0.1) is 20.8 Å². The van der Waals surface area contributed by atoms with Gasteiger partial charge in [0.15, 0.2) is 5.78 Å². The molecule has 1 aromatic heterocycles. The summed E-state index contributed by atoms with van der Waals surface area (Å²) in [5, 5.41) is 0. The van der Waals surface area contributed by atoms with E-state index in [2.05, 4.69) is 16.4 Å². The summed E-state index contributed by atoms with van der Waals surface area (Å²) in [6.45, 7) is 8.33. The average Bonchev–Trinajstić information content (AvgIpc) is 3.47. The molecule has 1 aliphatic carbocycles. The first-order valence-electron chi connectivity index (χ1n) is 10.3. The molecule has 6 nitrogen and oxygen atoms in total. The number of rotatable bonds is 6. The van der Waals surface area contributed by atoms with Crippen molar-refractivity contribution in [2.24, 2.45) is 0 Å². The molecule has 156 valence electrons. The Hall–Kier alpha value is -1.96. The van der Waals surface area contributed by atoms with E-state index in [1.54, 1.807) is 12.1 Å². The molecule has 29 heavy (non-hydrogen) atoms.